The van der Waals surface area contributed by atoms with Crippen molar-refractivity contribution in [2.24, 2.45) is 7.05 Å². The Morgan fingerprint density at radius 2 is 1.85 bits per heavy atom. The van der Waals surface area contributed by atoms with E-state index in [0.29, 0.717) is 24.4 Å². The zero-order valence-electron chi connectivity index (χ0n) is 14.8. The van der Waals surface area contributed by atoms with E-state index >= 15 is 0 Å². The average molecular weight is 367 g/mol. The van der Waals surface area contributed by atoms with Crippen molar-refractivity contribution in [3.8, 4) is 0 Å². The molecule has 27 heavy (non-hydrogen) atoms. The minimum atomic E-state index is -0.434. The number of hydrogen-bond acceptors (Lipinski definition) is 4. The second-order valence-corrected chi connectivity index (χ2v) is 6.48. The summed E-state index contributed by atoms with van der Waals surface area (Å²) in [7, 11) is 1.59. The van der Waals surface area contributed by atoms with Crippen LogP contribution in [0, 0.1) is 5.82 Å². The van der Waals surface area contributed by atoms with E-state index in [9.17, 15) is 14.0 Å². The van der Waals surface area contributed by atoms with Crippen LogP contribution in [0.1, 0.15) is 24.2 Å². The molecule has 0 N–H and O–H groups in total. The Bertz CT molecular complexity index is 1090. The number of benzene rings is 1. The SMILES string of the molecule is Cn1c(=O)n(C(=O)N2CCCC2)c2nc(/C=C/c3ccc(F)cc3)ncc21. The van der Waals surface area contributed by atoms with Gasteiger partial charge in [0.15, 0.2) is 11.5 Å². The number of amides is 1. The van der Waals surface area contributed by atoms with Crippen molar-refractivity contribution in [2.45, 2.75) is 12.8 Å². The number of halogens is 1. The molecule has 0 aliphatic carbocycles. The van der Waals surface area contributed by atoms with Crippen LogP contribution in [-0.2, 0) is 7.05 Å². The summed E-state index contributed by atoms with van der Waals surface area (Å²) in [5, 5.41) is 0. The molecule has 0 saturated carbocycles. The molecule has 0 unspecified atom stereocenters. The zero-order chi connectivity index (χ0) is 19.0. The summed E-state index contributed by atoms with van der Waals surface area (Å²) in [6.07, 6.45) is 6.81. The van der Waals surface area contributed by atoms with E-state index in [0.717, 1.165) is 23.0 Å². The average Bonchev–Trinajstić information content (AvgIpc) is 3.29. The number of aromatic nitrogens is 4. The highest BCUT2D eigenvalue weighted by atomic mass is 19.1. The van der Waals surface area contributed by atoms with Crippen LogP contribution >= 0.6 is 0 Å². The lowest BCUT2D eigenvalue weighted by Gasteiger charge is -2.14. The zero-order valence-corrected chi connectivity index (χ0v) is 14.8. The highest BCUT2D eigenvalue weighted by Crippen LogP contribution is 2.15. The van der Waals surface area contributed by atoms with Crippen LogP contribution in [0.25, 0.3) is 23.3 Å². The van der Waals surface area contributed by atoms with Crippen LogP contribution < -0.4 is 5.69 Å². The van der Waals surface area contributed by atoms with Gasteiger partial charge in [-0.05, 0) is 36.6 Å². The standard InChI is InChI=1S/C19H18FN5O2/c1-23-15-12-21-16(9-6-13-4-7-14(20)8-5-13)22-17(15)25(18(23)26)19(27)24-10-2-3-11-24/h4-9,12H,2-3,10-11H2,1H3/b9-6+. The van der Waals surface area contributed by atoms with E-state index in [1.54, 1.807) is 36.2 Å². The van der Waals surface area contributed by atoms with Crippen molar-refractivity contribution in [1.82, 2.24) is 24.0 Å². The smallest absolute Gasteiger partial charge is 0.324 e. The second-order valence-electron chi connectivity index (χ2n) is 6.48. The summed E-state index contributed by atoms with van der Waals surface area (Å²) < 4.78 is 15.5. The first kappa shape index (κ1) is 17.1. The van der Waals surface area contributed by atoms with Gasteiger partial charge in [-0.25, -0.2) is 23.9 Å². The molecular weight excluding hydrogens is 349 g/mol. The van der Waals surface area contributed by atoms with E-state index in [4.69, 9.17) is 0 Å². The number of likely N-dealkylation sites (tertiary alicyclic amines) is 1. The molecule has 1 aliphatic rings. The quantitative estimate of drug-likeness (QED) is 0.698. The predicted octanol–water partition coefficient (Wildman–Crippen LogP) is 2.50. The first-order chi connectivity index (χ1) is 13.0. The number of rotatable bonds is 2. The van der Waals surface area contributed by atoms with Crippen molar-refractivity contribution in [3.63, 3.8) is 0 Å². The third-order valence-electron chi connectivity index (χ3n) is 4.68. The van der Waals surface area contributed by atoms with Crippen LogP contribution in [0.4, 0.5) is 9.18 Å². The number of imidazole rings is 1. The largest absolute Gasteiger partial charge is 0.338 e. The molecule has 1 amide bonds. The predicted molar refractivity (Wildman–Crippen MR) is 99.7 cm³/mol. The first-order valence-electron chi connectivity index (χ1n) is 8.72. The van der Waals surface area contributed by atoms with Crippen molar-refractivity contribution >= 4 is 29.3 Å². The lowest BCUT2D eigenvalue weighted by Crippen LogP contribution is -2.38. The Morgan fingerprint density at radius 1 is 1.15 bits per heavy atom. The maximum absolute atomic E-state index is 13.0. The normalized spacial score (nSPS) is 14.5. The van der Waals surface area contributed by atoms with E-state index < -0.39 is 5.69 Å². The number of nitrogens with zero attached hydrogens (tertiary/aromatic N) is 5. The fourth-order valence-electron chi connectivity index (χ4n) is 3.17. The summed E-state index contributed by atoms with van der Waals surface area (Å²) in [6.45, 7) is 1.29. The molecule has 0 atom stereocenters. The molecule has 1 aliphatic heterocycles. The van der Waals surface area contributed by atoms with Gasteiger partial charge < -0.3 is 4.90 Å². The molecule has 0 bridgehead atoms. The molecular formula is C19H18FN5O2. The molecule has 4 rings (SSSR count). The summed E-state index contributed by atoms with van der Waals surface area (Å²) >= 11 is 0. The first-order valence-corrected chi connectivity index (χ1v) is 8.72. The molecule has 1 aromatic carbocycles. The third kappa shape index (κ3) is 3.14. The Labute approximate surface area is 154 Å². The van der Waals surface area contributed by atoms with Gasteiger partial charge in [0.2, 0.25) is 0 Å². The van der Waals surface area contributed by atoms with Gasteiger partial charge in [0.1, 0.15) is 11.3 Å². The van der Waals surface area contributed by atoms with Gasteiger partial charge in [0.05, 0.1) is 6.20 Å². The van der Waals surface area contributed by atoms with Gasteiger partial charge in [-0.1, -0.05) is 18.2 Å². The molecule has 8 heteroatoms. The monoisotopic (exact) mass is 367 g/mol. The van der Waals surface area contributed by atoms with Gasteiger partial charge in [0.25, 0.3) is 0 Å². The Hall–Kier alpha value is -3.29. The van der Waals surface area contributed by atoms with Gasteiger partial charge in [0, 0.05) is 20.1 Å². The number of fused-ring (bicyclic) bond motifs is 1. The van der Waals surface area contributed by atoms with Gasteiger partial charge >= 0.3 is 11.7 Å². The molecule has 7 nitrogen and oxygen atoms in total. The summed E-state index contributed by atoms with van der Waals surface area (Å²) in [5.41, 5.74) is 1.13. The summed E-state index contributed by atoms with van der Waals surface area (Å²) in [6, 6.07) is 5.66. The van der Waals surface area contributed by atoms with E-state index in [1.807, 2.05) is 0 Å². The van der Waals surface area contributed by atoms with Gasteiger partial charge in [-0.15, -0.1) is 0 Å². The lowest BCUT2D eigenvalue weighted by molar-refractivity contribution is 0.210. The molecule has 0 spiro atoms. The number of hydrogen-bond donors (Lipinski definition) is 0. The highest BCUT2D eigenvalue weighted by Gasteiger charge is 2.25. The lowest BCUT2D eigenvalue weighted by atomic mass is 10.2. The minimum absolute atomic E-state index is 0.285. The Kier molecular flexibility index (Phi) is 4.31. The molecule has 138 valence electrons. The van der Waals surface area contributed by atoms with Crippen molar-refractivity contribution < 1.29 is 9.18 Å². The molecule has 2 aromatic heterocycles. The minimum Gasteiger partial charge on any atom is -0.324 e. The topological polar surface area (TPSA) is 73.0 Å². The highest BCUT2D eigenvalue weighted by molar-refractivity contribution is 5.87. The molecule has 3 heterocycles. The maximum Gasteiger partial charge on any atom is 0.338 e. The van der Waals surface area contributed by atoms with E-state index in [1.165, 1.54) is 22.9 Å². The van der Waals surface area contributed by atoms with Crippen molar-refractivity contribution in [1.29, 1.82) is 0 Å². The number of carbonyl (C=O) groups excluding carboxylic acids is 1. The van der Waals surface area contributed by atoms with E-state index in [2.05, 4.69) is 9.97 Å². The number of aryl methyl sites for hydroxylation is 1. The second kappa shape index (κ2) is 6.79. The molecule has 3 aromatic rings. The number of carbonyl (C=O) groups is 1. The van der Waals surface area contributed by atoms with Gasteiger partial charge in [-0.3, -0.25) is 4.57 Å². The summed E-state index contributed by atoms with van der Waals surface area (Å²) in [4.78, 5) is 35.7. The molecule has 1 saturated heterocycles. The van der Waals surface area contributed by atoms with Crippen molar-refractivity contribution in [2.75, 3.05) is 13.1 Å². The summed E-state index contributed by atoms with van der Waals surface area (Å²) in [5.74, 6) is 0.0546. The molecule has 0 radical (unpaired) electrons. The molecule has 1 fully saturated rings. The fourth-order valence-corrected chi connectivity index (χ4v) is 3.17. The van der Waals surface area contributed by atoms with Crippen LogP contribution in [0.2, 0.25) is 0 Å². The van der Waals surface area contributed by atoms with Crippen molar-refractivity contribution in [3.05, 3.63) is 58.2 Å². The maximum atomic E-state index is 13.0. The fraction of sp³-hybridized carbons (Fsp3) is 0.263. The third-order valence-corrected chi connectivity index (χ3v) is 4.68. The van der Waals surface area contributed by atoms with Gasteiger partial charge in [-0.2, -0.15) is 4.57 Å². The van der Waals surface area contributed by atoms with E-state index in [-0.39, 0.29) is 17.5 Å². The van der Waals surface area contributed by atoms with Crippen LogP contribution in [0.3, 0.4) is 0 Å². The van der Waals surface area contributed by atoms with Crippen LogP contribution in [-0.4, -0.2) is 43.1 Å². The van der Waals surface area contributed by atoms with Crippen LogP contribution in [0.5, 0.6) is 0 Å². The Morgan fingerprint density at radius 3 is 2.56 bits per heavy atom. The Balaban J connectivity index is 1.74. The van der Waals surface area contributed by atoms with Crippen LogP contribution in [0.15, 0.2) is 35.3 Å².